The topological polar surface area (TPSA) is 36.7 Å². The van der Waals surface area contributed by atoms with Crippen molar-refractivity contribution >= 4 is 22.6 Å². The second-order valence-electron chi connectivity index (χ2n) is 2.11. The van der Waals surface area contributed by atoms with Crippen molar-refractivity contribution < 1.29 is 13.2 Å². The van der Waals surface area contributed by atoms with Crippen LogP contribution in [0.15, 0.2) is 6.07 Å². The van der Waals surface area contributed by atoms with Crippen LogP contribution in [0.5, 0.6) is 0 Å². The molecule has 0 aliphatic rings. The SMILES string of the molecule is N#Cc1cc(I)c(C(F)F)c(F)n1. The Kier molecular flexibility index (Phi) is 3.08. The minimum atomic E-state index is -2.91. The number of nitriles is 1. The highest BCUT2D eigenvalue weighted by Gasteiger charge is 2.19. The van der Waals surface area contributed by atoms with Gasteiger partial charge in [-0.2, -0.15) is 9.65 Å². The number of rotatable bonds is 1. The van der Waals surface area contributed by atoms with Crippen LogP contribution >= 0.6 is 22.6 Å². The van der Waals surface area contributed by atoms with Gasteiger partial charge in [0.2, 0.25) is 5.95 Å². The van der Waals surface area contributed by atoms with Crippen LogP contribution in [-0.4, -0.2) is 4.98 Å². The summed E-state index contributed by atoms with van der Waals surface area (Å²) >= 11 is 1.54. The van der Waals surface area contributed by atoms with Crippen molar-refractivity contribution in [3.05, 3.63) is 26.8 Å². The lowest BCUT2D eigenvalue weighted by Crippen LogP contribution is -2.00. The molecule has 0 atom stereocenters. The molecule has 0 aromatic carbocycles. The van der Waals surface area contributed by atoms with Crippen LogP contribution < -0.4 is 0 Å². The van der Waals surface area contributed by atoms with Gasteiger partial charge < -0.3 is 0 Å². The number of halogens is 4. The summed E-state index contributed by atoms with van der Waals surface area (Å²) in [6, 6.07) is 2.69. The van der Waals surface area contributed by atoms with Gasteiger partial charge in [0.1, 0.15) is 11.8 Å². The third-order valence-electron chi connectivity index (χ3n) is 1.29. The van der Waals surface area contributed by atoms with E-state index in [2.05, 4.69) is 4.98 Å². The smallest absolute Gasteiger partial charge is 0.208 e. The van der Waals surface area contributed by atoms with Crippen molar-refractivity contribution in [3.63, 3.8) is 0 Å². The Labute approximate surface area is 85.5 Å². The van der Waals surface area contributed by atoms with Gasteiger partial charge in [-0.1, -0.05) is 0 Å². The van der Waals surface area contributed by atoms with Gasteiger partial charge in [-0.3, -0.25) is 0 Å². The van der Waals surface area contributed by atoms with Gasteiger partial charge in [-0.05, 0) is 28.7 Å². The van der Waals surface area contributed by atoms with Gasteiger partial charge in [0.25, 0.3) is 6.43 Å². The monoisotopic (exact) mass is 298 g/mol. The predicted molar refractivity (Wildman–Crippen MR) is 46.6 cm³/mol. The van der Waals surface area contributed by atoms with E-state index < -0.39 is 17.9 Å². The zero-order valence-corrected chi connectivity index (χ0v) is 8.22. The third kappa shape index (κ3) is 2.09. The van der Waals surface area contributed by atoms with E-state index in [0.717, 1.165) is 6.07 Å². The van der Waals surface area contributed by atoms with Crippen molar-refractivity contribution in [3.8, 4) is 6.07 Å². The molecule has 2 nitrogen and oxygen atoms in total. The lowest BCUT2D eigenvalue weighted by molar-refractivity contribution is 0.144. The molecule has 6 heteroatoms. The lowest BCUT2D eigenvalue weighted by Gasteiger charge is -2.03. The van der Waals surface area contributed by atoms with Gasteiger partial charge in [0.05, 0.1) is 5.56 Å². The quantitative estimate of drug-likeness (QED) is 0.590. The first-order chi connectivity index (χ1) is 6.06. The van der Waals surface area contributed by atoms with Crippen LogP contribution in [-0.2, 0) is 0 Å². The summed E-state index contributed by atoms with van der Waals surface area (Å²) in [5.41, 5.74) is -0.953. The Morgan fingerprint density at radius 2 is 2.15 bits per heavy atom. The minimum absolute atomic E-state index is 0.0108. The van der Waals surface area contributed by atoms with Crippen molar-refractivity contribution in [1.29, 1.82) is 5.26 Å². The summed E-state index contributed by atoms with van der Waals surface area (Å²) in [7, 11) is 0. The van der Waals surface area contributed by atoms with Crippen LogP contribution in [0, 0.1) is 20.8 Å². The number of hydrogen-bond acceptors (Lipinski definition) is 2. The molecule has 0 saturated heterocycles. The fourth-order valence-electron chi connectivity index (χ4n) is 0.746. The zero-order valence-electron chi connectivity index (χ0n) is 6.06. The molecule has 13 heavy (non-hydrogen) atoms. The van der Waals surface area contributed by atoms with Crippen LogP contribution in [0.4, 0.5) is 13.2 Å². The molecule has 0 amide bonds. The normalized spacial score (nSPS) is 10.2. The fraction of sp³-hybridized carbons (Fsp3) is 0.143. The Bertz CT molecular complexity index is 349. The Morgan fingerprint density at radius 3 is 2.54 bits per heavy atom. The fourth-order valence-corrected chi connectivity index (χ4v) is 1.50. The van der Waals surface area contributed by atoms with Crippen molar-refractivity contribution in [2.75, 3.05) is 0 Å². The summed E-state index contributed by atoms with van der Waals surface area (Å²) in [6.07, 6.45) is -2.91. The minimum Gasteiger partial charge on any atom is -0.208 e. The van der Waals surface area contributed by atoms with Crippen LogP contribution in [0.1, 0.15) is 17.7 Å². The summed E-state index contributed by atoms with van der Waals surface area (Å²) in [6.45, 7) is 0. The highest BCUT2D eigenvalue weighted by Crippen LogP contribution is 2.26. The highest BCUT2D eigenvalue weighted by atomic mass is 127. The van der Waals surface area contributed by atoms with Gasteiger partial charge in [-0.15, -0.1) is 0 Å². The van der Waals surface area contributed by atoms with Crippen LogP contribution in [0.3, 0.4) is 0 Å². The Morgan fingerprint density at radius 1 is 1.54 bits per heavy atom. The van der Waals surface area contributed by atoms with E-state index in [4.69, 9.17) is 5.26 Å². The van der Waals surface area contributed by atoms with Crippen molar-refractivity contribution in [2.45, 2.75) is 6.43 Å². The van der Waals surface area contributed by atoms with E-state index >= 15 is 0 Å². The first-order valence-electron chi connectivity index (χ1n) is 3.10. The standard InChI is InChI=1S/C7H2F3IN2/c8-6(9)5-4(11)1-3(2-12)13-7(5)10/h1,6H. The first kappa shape index (κ1) is 10.2. The molecule has 0 N–H and O–H groups in total. The zero-order chi connectivity index (χ0) is 10.0. The molecular formula is C7H2F3IN2. The molecule has 0 spiro atoms. The molecule has 0 fully saturated rings. The number of pyridine rings is 1. The molecule has 0 bridgehead atoms. The van der Waals surface area contributed by atoms with Gasteiger partial charge >= 0.3 is 0 Å². The molecule has 0 radical (unpaired) electrons. The summed E-state index contributed by atoms with van der Waals surface area (Å²) in [4.78, 5) is 3.06. The van der Waals surface area contributed by atoms with Crippen LogP contribution in [0.25, 0.3) is 0 Å². The predicted octanol–water partition coefficient (Wildman–Crippen LogP) is 2.63. The maximum atomic E-state index is 12.8. The average Bonchev–Trinajstić information content (AvgIpc) is 2.02. The lowest BCUT2D eigenvalue weighted by atomic mass is 10.2. The number of alkyl halides is 2. The Hall–Kier alpha value is -0.840. The number of nitrogens with zero attached hydrogens (tertiary/aromatic N) is 2. The summed E-state index contributed by atoms with van der Waals surface area (Å²) in [5, 5.41) is 8.35. The highest BCUT2D eigenvalue weighted by molar-refractivity contribution is 14.1. The molecule has 0 unspecified atom stereocenters. The van der Waals surface area contributed by atoms with E-state index in [9.17, 15) is 13.2 Å². The van der Waals surface area contributed by atoms with E-state index in [1.807, 2.05) is 0 Å². The molecule has 0 aliphatic carbocycles. The third-order valence-corrected chi connectivity index (χ3v) is 2.19. The number of hydrogen-bond donors (Lipinski definition) is 0. The second kappa shape index (κ2) is 3.91. The van der Waals surface area contributed by atoms with Gasteiger partial charge in [0.15, 0.2) is 0 Å². The first-order valence-corrected chi connectivity index (χ1v) is 4.18. The second-order valence-corrected chi connectivity index (χ2v) is 3.27. The van der Waals surface area contributed by atoms with Crippen molar-refractivity contribution in [1.82, 2.24) is 4.98 Å². The molecule has 68 valence electrons. The molecule has 1 aromatic heterocycles. The van der Waals surface area contributed by atoms with Gasteiger partial charge in [0, 0.05) is 3.57 Å². The van der Waals surface area contributed by atoms with Crippen LogP contribution in [0.2, 0.25) is 0 Å². The molecule has 1 aromatic rings. The van der Waals surface area contributed by atoms with Gasteiger partial charge in [-0.25, -0.2) is 13.8 Å². The largest absolute Gasteiger partial charge is 0.269 e. The summed E-state index contributed by atoms with van der Waals surface area (Å²) < 4.78 is 37.1. The molecular weight excluding hydrogens is 296 g/mol. The molecule has 1 heterocycles. The van der Waals surface area contributed by atoms with Crippen molar-refractivity contribution in [2.24, 2.45) is 0 Å². The van der Waals surface area contributed by atoms with E-state index in [1.54, 1.807) is 6.07 Å². The van der Waals surface area contributed by atoms with E-state index in [-0.39, 0.29) is 9.26 Å². The maximum Gasteiger partial charge on any atom is 0.269 e. The molecule has 0 aliphatic heterocycles. The average molecular weight is 298 g/mol. The molecule has 0 saturated carbocycles. The Balaban J connectivity index is 3.33. The van der Waals surface area contributed by atoms with E-state index in [0.29, 0.717) is 0 Å². The molecule has 1 rings (SSSR count). The maximum absolute atomic E-state index is 12.8. The number of aromatic nitrogens is 1. The van der Waals surface area contributed by atoms with E-state index in [1.165, 1.54) is 22.6 Å². The summed E-state index contributed by atoms with van der Waals surface area (Å²) in [5.74, 6) is -1.28.